The maximum Gasteiger partial charge on any atom is 0.0945 e. The van der Waals surface area contributed by atoms with Crippen molar-refractivity contribution in [1.82, 2.24) is 14.9 Å². The highest BCUT2D eigenvalue weighted by atomic mass is 35.5. The average Bonchev–Trinajstić information content (AvgIpc) is 2.82. The van der Waals surface area contributed by atoms with Crippen molar-refractivity contribution in [2.45, 2.75) is 44.0 Å². The SMILES string of the molecule is ClC1CCCC(CNCCCn2ccnc2)C1. The fourth-order valence-electron chi connectivity index (χ4n) is 2.52. The first kappa shape index (κ1) is 12.9. The van der Waals surface area contributed by atoms with Gasteiger partial charge in [-0.05, 0) is 44.7 Å². The third-order valence-electron chi connectivity index (χ3n) is 3.48. The van der Waals surface area contributed by atoms with E-state index in [0.29, 0.717) is 5.38 Å². The molecule has 1 heterocycles. The summed E-state index contributed by atoms with van der Waals surface area (Å²) >= 11 is 6.18. The van der Waals surface area contributed by atoms with Crippen LogP contribution < -0.4 is 5.32 Å². The fraction of sp³-hybridized carbons (Fsp3) is 0.769. The van der Waals surface area contributed by atoms with Gasteiger partial charge in [0.05, 0.1) is 6.33 Å². The van der Waals surface area contributed by atoms with Crippen LogP contribution in [0.4, 0.5) is 0 Å². The number of aryl methyl sites for hydroxylation is 1. The lowest BCUT2D eigenvalue weighted by molar-refractivity contribution is 0.345. The quantitative estimate of drug-likeness (QED) is 0.626. The second-order valence-corrected chi connectivity index (χ2v) is 5.61. The van der Waals surface area contributed by atoms with Gasteiger partial charge in [0.2, 0.25) is 0 Å². The predicted molar refractivity (Wildman–Crippen MR) is 71.3 cm³/mol. The minimum atomic E-state index is 0.418. The Hall–Kier alpha value is -0.540. The van der Waals surface area contributed by atoms with Gasteiger partial charge in [-0.2, -0.15) is 0 Å². The summed E-state index contributed by atoms with van der Waals surface area (Å²) in [5.41, 5.74) is 0. The fourth-order valence-corrected chi connectivity index (χ4v) is 2.93. The molecule has 0 bridgehead atoms. The third-order valence-corrected chi connectivity index (χ3v) is 3.88. The summed E-state index contributed by atoms with van der Waals surface area (Å²) in [5.74, 6) is 0.791. The zero-order chi connectivity index (χ0) is 11.9. The van der Waals surface area contributed by atoms with Crippen molar-refractivity contribution in [2.24, 2.45) is 5.92 Å². The minimum absolute atomic E-state index is 0.418. The van der Waals surface area contributed by atoms with Crippen molar-refractivity contribution < 1.29 is 0 Å². The van der Waals surface area contributed by atoms with Gasteiger partial charge in [0, 0.05) is 24.3 Å². The Labute approximate surface area is 109 Å². The largest absolute Gasteiger partial charge is 0.337 e. The van der Waals surface area contributed by atoms with Gasteiger partial charge >= 0.3 is 0 Å². The lowest BCUT2D eigenvalue weighted by Crippen LogP contribution is -2.28. The van der Waals surface area contributed by atoms with Gasteiger partial charge < -0.3 is 9.88 Å². The van der Waals surface area contributed by atoms with Gasteiger partial charge in [0.15, 0.2) is 0 Å². The molecule has 2 rings (SSSR count). The lowest BCUT2D eigenvalue weighted by Gasteiger charge is -2.25. The van der Waals surface area contributed by atoms with Crippen molar-refractivity contribution in [3.63, 3.8) is 0 Å². The van der Waals surface area contributed by atoms with Crippen LogP contribution in [0.25, 0.3) is 0 Å². The first-order valence-electron chi connectivity index (χ1n) is 6.65. The molecule has 96 valence electrons. The van der Waals surface area contributed by atoms with E-state index in [9.17, 15) is 0 Å². The summed E-state index contributed by atoms with van der Waals surface area (Å²) < 4.78 is 2.12. The topological polar surface area (TPSA) is 29.9 Å². The van der Waals surface area contributed by atoms with Crippen LogP contribution in [0.1, 0.15) is 32.1 Å². The maximum absolute atomic E-state index is 6.18. The monoisotopic (exact) mass is 255 g/mol. The summed E-state index contributed by atoms with van der Waals surface area (Å²) in [5, 5.41) is 3.96. The molecule has 1 aliphatic carbocycles. The number of hydrogen-bond acceptors (Lipinski definition) is 2. The molecule has 2 atom stereocenters. The molecule has 17 heavy (non-hydrogen) atoms. The Balaban J connectivity index is 1.51. The van der Waals surface area contributed by atoms with Crippen molar-refractivity contribution in [2.75, 3.05) is 13.1 Å². The first-order valence-corrected chi connectivity index (χ1v) is 7.09. The number of rotatable bonds is 6. The normalized spacial score (nSPS) is 25.0. The van der Waals surface area contributed by atoms with Crippen molar-refractivity contribution in [3.05, 3.63) is 18.7 Å². The molecular formula is C13H22ClN3. The van der Waals surface area contributed by atoms with E-state index in [0.717, 1.165) is 32.0 Å². The smallest absolute Gasteiger partial charge is 0.0945 e. The van der Waals surface area contributed by atoms with E-state index >= 15 is 0 Å². The highest BCUT2D eigenvalue weighted by Crippen LogP contribution is 2.27. The molecule has 1 saturated carbocycles. The average molecular weight is 256 g/mol. The van der Waals surface area contributed by atoms with Gasteiger partial charge in [-0.25, -0.2) is 4.98 Å². The van der Waals surface area contributed by atoms with Crippen LogP contribution >= 0.6 is 11.6 Å². The molecule has 2 unspecified atom stereocenters. The van der Waals surface area contributed by atoms with Crippen LogP contribution in [0, 0.1) is 5.92 Å². The Morgan fingerprint density at radius 1 is 1.41 bits per heavy atom. The number of nitrogens with zero attached hydrogens (tertiary/aromatic N) is 2. The van der Waals surface area contributed by atoms with Crippen LogP contribution in [-0.4, -0.2) is 28.0 Å². The second-order valence-electron chi connectivity index (χ2n) is 4.99. The molecule has 0 aliphatic heterocycles. The maximum atomic E-state index is 6.18. The molecule has 1 N–H and O–H groups in total. The number of halogens is 1. The minimum Gasteiger partial charge on any atom is -0.337 e. The third kappa shape index (κ3) is 4.68. The van der Waals surface area contributed by atoms with Gasteiger partial charge in [-0.3, -0.25) is 0 Å². The van der Waals surface area contributed by atoms with Crippen molar-refractivity contribution >= 4 is 11.6 Å². The molecule has 0 aromatic carbocycles. The summed E-state index contributed by atoms with van der Waals surface area (Å²) in [7, 11) is 0. The predicted octanol–water partition coefficient (Wildman–Crippen LogP) is 2.66. The van der Waals surface area contributed by atoms with E-state index in [1.54, 1.807) is 0 Å². The molecule has 3 nitrogen and oxygen atoms in total. The summed E-state index contributed by atoms with van der Waals surface area (Å²) in [6.07, 6.45) is 11.9. The van der Waals surface area contributed by atoms with E-state index in [4.69, 9.17) is 11.6 Å². The molecule has 1 fully saturated rings. The molecule has 1 aromatic heterocycles. The van der Waals surface area contributed by atoms with Gasteiger partial charge in [-0.15, -0.1) is 11.6 Å². The first-order chi connectivity index (χ1) is 8.34. The molecule has 0 saturated heterocycles. The summed E-state index contributed by atoms with van der Waals surface area (Å²) in [4.78, 5) is 4.03. The number of imidazole rings is 1. The zero-order valence-corrected chi connectivity index (χ0v) is 11.1. The number of nitrogens with one attached hydrogen (secondary N) is 1. The highest BCUT2D eigenvalue weighted by Gasteiger charge is 2.19. The number of hydrogen-bond donors (Lipinski definition) is 1. The highest BCUT2D eigenvalue weighted by molar-refractivity contribution is 6.20. The van der Waals surface area contributed by atoms with E-state index in [-0.39, 0.29) is 0 Å². The van der Waals surface area contributed by atoms with Crippen molar-refractivity contribution in [1.29, 1.82) is 0 Å². The molecule has 4 heteroatoms. The van der Waals surface area contributed by atoms with Gasteiger partial charge in [0.25, 0.3) is 0 Å². The molecule has 0 amide bonds. The van der Waals surface area contributed by atoms with Crippen LogP contribution in [-0.2, 0) is 6.54 Å². The molecular weight excluding hydrogens is 234 g/mol. The Kier molecular flexibility index (Phi) is 5.33. The molecule has 0 radical (unpaired) electrons. The molecule has 0 spiro atoms. The Morgan fingerprint density at radius 3 is 3.12 bits per heavy atom. The molecule has 1 aromatic rings. The van der Waals surface area contributed by atoms with Crippen LogP contribution in [0.15, 0.2) is 18.7 Å². The van der Waals surface area contributed by atoms with E-state index < -0.39 is 0 Å². The number of alkyl halides is 1. The van der Waals surface area contributed by atoms with Crippen LogP contribution in [0.3, 0.4) is 0 Å². The standard InChI is InChI=1S/C13H22ClN3/c14-13-4-1-3-12(9-13)10-15-5-2-7-17-8-6-16-11-17/h6,8,11-13,15H,1-5,7,9-10H2. The van der Waals surface area contributed by atoms with Crippen LogP contribution in [0.2, 0.25) is 0 Å². The van der Waals surface area contributed by atoms with E-state index in [1.165, 1.54) is 25.7 Å². The summed E-state index contributed by atoms with van der Waals surface area (Å²) in [6.45, 7) is 3.27. The van der Waals surface area contributed by atoms with Gasteiger partial charge in [0.1, 0.15) is 0 Å². The Bertz CT molecular complexity index is 300. The summed E-state index contributed by atoms with van der Waals surface area (Å²) in [6, 6.07) is 0. The van der Waals surface area contributed by atoms with E-state index in [1.807, 2.05) is 18.7 Å². The van der Waals surface area contributed by atoms with E-state index in [2.05, 4.69) is 14.9 Å². The van der Waals surface area contributed by atoms with Gasteiger partial charge in [-0.1, -0.05) is 6.42 Å². The second kappa shape index (κ2) is 7.02. The zero-order valence-electron chi connectivity index (χ0n) is 10.3. The molecule has 1 aliphatic rings. The lowest BCUT2D eigenvalue weighted by atomic mass is 9.89. The van der Waals surface area contributed by atoms with Crippen LogP contribution in [0.5, 0.6) is 0 Å². The Morgan fingerprint density at radius 2 is 2.35 bits per heavy atom. The number of aromatic nitrogens is 2. The van der Waals surface area contributed by atoms with Crippen molar-refractivity contribution in [3.8, 4) is 0 Å².